The van der Waals surface area contributed by atoms with Gasteiger partial charge in [0.25, 0.3) is 5.91 Å². The van der Waals surface area contributed by atoms with Crippen LogP contribution < -0.4 is 15.4 Å². The van der Waals surface area contributed by atoms with E-state index >= 15 is 0 Å². The van der Waals surface area contributed by atoms with Gasteiger partial charge >= 0.3 is 6.03 Å². The maximum Gasteiger partial charge on any atom is 0.326 e. The Hall–Kier alpha value is -2.38. The predicted molar refractivity (Wildman–Crippen MR) is 86.5 cm³/mol. The van der Waals surface area contributed by atoms with Crippen molar-refractivity contribution in [2.75, 3.05) is 12.0 Å². The van der Waals surface area contributed by atoms with Crippen LogP contribution in [0.3, 0.4) is 0 Å². The second-order valence-corrected chi connectivity index (χ2v) is 6.18. The Labute approximate surface area is 140 Å². The van der Waals surface area contributed by atoms with E-state index in [0.29, 0.717) is 21.2 Å². The number of amides is 3. The van der Waals surface area contributed by atoms with Crippen molar-refractivity contribution >= 4 is 46.3 Å². The summed E-state index contributed by atoms with van der Waals surface area (Å²) in [5.74, 6) is -1.91. The topological polar surface area (TPSA) is 89.7 Å². The first kappa shape index (κ1) is 15.5. The number of rotatable bonds is 3. The van der Waals surface area contributed by atoms with Crippen molar-refractivity contribution in [2.24, 2.45) is 5.73 Å². The number of benzene rings is 1. The molecule has 0 saturated heterocycles. The number of thiophene rings is 1. The van der Waals surface area contributed by atoms with Crippen molar-refractivity contribution in [3.05, 3.63) is 45.1 Å². The van der Waals surface area contributed by atoms with Gasteiger partial charge in [-0.05, 0) is 35.2 Å². The van der Waals surface area contributed by atoms with Crippen LogP contribution in [0, 0.1) is 0 Å². The quantitative estimate of drug-likeness (QED) is 0.680. The molecule has 1 aliphatic heterocycles. The molecule has 1 aliphatic rings. The number of carbonyl (C=O) groups excluding carboxylic acids is 3. The fraction of sp³-hybridized carbons (Fsp3) is 0.133. The number of halogens is 1. The van der Waals surface area contributed by atoms with Crippen LogP contribution in [0.25, 0.3) is 0 Å². The first-order valence-corrected chi connectivity index (χ1v) is 7.80. The lowest BCUT2D eigenvalue weighted by Crippen LogP contribution is -2.40. The zero-order valence-corrected chi connectivity index (χ0v) is 13.5. The minimum Gasteiger partial charge on any atom is -0.495 e. The highest BCUT2D eigenvalue weighted by Crippen LogP contribution is 2.42. The van der Waals surface area contributed by atoms with E-state index in [9.17, 15) is 14.4 Å². The van der Waals surface area contributed by atoms with Crippen LogP contribution in [0.5, 0.6) is 5.75 Å². The normalized spacial score (nSPS) is 16.3. The van der Waals surface area contributed by atoms with Gasteiger partial charge < -0.3 is 10.5 Å². The molecule has 2 heterocycles. The van der Waals surface area contributed by atoms with Crippen molar-refractivity contribution in [3.63, 3.8) is 0 Å². The third-order valence-electron chi connectivity index (χ3n) is 3.56. The van der Waals surface area contributed by atoms with Gasteiger partial charge in [-0.25, -0.2) is 9.69 Å². The van der Waals surface area contributed by atoms with Gasteiger partial charge in [0.2, 0.25) is 0 Å². The largest absolute Gasteiger partial charge is 0.495 e. The zero-order valence-electron chi connectivity index (χ0n) is 11.9. The molecule has 0 aliphatic carbocycles. The molecule has 1 aromatic carbocycles. The van der Waals surface area contributed by atoms with Gasteiger partial charge in [0.1, 0.15) is 16.5 Å². The number of urea groups is 1. The lowest BCUT2D eigenvalue weighted by atomic mass is 9.95. The number of ether oxygens (including phenoxy) is 1. The van der Waals surface area contributed by atoms with E-state index in [1.807, 2.05) is 0 Å². The SMILES string of the molecule is COc1ccsc1C(=O)C1C(=O)N(C(N)=O)c2ccc(Cl)cc21. The summed E-state index contributed by atoms with van der Waals surface area (Å²) in [6.45, 7) is 0. The van der Waals surface area contributed by atoms with Crippen molar-refractivity contribution < 1.29 is 19.1 Å². The minimum atomic E-state index is -1.16. The first-order chi connectivity index (χ1) is 11.0. The van der Waals surface area contributed by atoms with Crippen LogP contribution in [0.4, 0.5) is 10.5 Å². The second kappa shape index (κ2) is 5.68. The summed E-state index contributed by atoms with van der Waals surface area (Å²) in [7, 11) is 1.44. The fourth-order valence-electron chi connectivity index (χ4n) is 2.59. The number of Topliss-reactive ketones (excluding diaryl/α,β-unsaturated/α-hetero) is 1. The van der Waals surface area contributed by atoms with E-state index in [1.165, 1.54) is 36.6 Å². The summed E-state index contributed by atoms with van der Waals surface area (Å²) < 4.78 is 5.13. The second-order valence-electron chi connectivity index (χ2n) is 4.83. The van der Waals surface area contributed by atoms with Gasteiger partial charge in [-0.1, -0.05) is 11.6 Å². The smallest absolute Gasteiger partial charge is 0.326 e. The molecule has 1 atom stereocenters. The number of ketones is 1. The highest BCUT2D eigenvalue weighted by molar-refractivity contribution is 7.12. The first-order valence-electron chi connectivity index (χ1n) is 6.54. The molecule has 3 rings (SSSR count). The number of fused-ring (bicyclic) bond motifs is 1. The van der Waals surface area contributed by atoms with E-state index < -0.39 is 23.6 Å². The third kappa shape index (κ3) is 2.38. The third-order valence-corrected chi connectivity index (χ3v) is 4.71. The summed E-state index contributed by atoms with van der Waals surface area (Å²) in [6.07, 6.45) is 0. The Balaban J connectivity index is 2.13. The number of imide groups is 1. The van der Waals surface area contributed by atoms with Gasteiger partial charge in [0.15, 0.2) is 5.78 Å². The number of nitrogens with zero attached hydrogens (tertiary/aromatic N) is 1. The molecule has 23 heavy (non-hydrogen) atoms. The maximum atomic E-state index is 12.8. The minimum absolute atomic E-state index is 0.278. The molecule has 3 amide bonds. The average Bonchev–Trinajstić information content (AvgIpc) is 3.07. The molecule has 0 saturated carbocycles. The Morgan fingerprint density at radius 1 is 1.35 bits per heavy atom. The zero-order chi connectivity index (χ0) is 16.7. The molecule has 118 valence electrons. The number of primary amides is 1. The van der Waals surface area contributed by atoms with E-state index in [4.69, 9.17) is 22.1 Å². The standard InChI is InChI=1S/C15H11ClN2O4S/c1-22-10-4-5-23-13(10)12(19)11-8-6-7(16)2-3-9(8)18(14(11)20)15(17)21/h2-6,11H,1H3,(H2,17,21). The average molecular weight is 351 g/mol. The molecule has 1 unspecified atom stereocenters. The molecule has 6 nitrogen and oxygen atoms in total. The number of anilines is 1. The number of nitrogens with two attached hydrogens (primary N) is 1. The molecule has 0 radical (unpaired) electrons. The molecule has 0 fully saturated rings. The van der Waals surface area contributed by atoms with Crippen molar-refractivity contribution in [1.29, 1.82) is 0 Å². The van der Waals surface area contributed by atoms with Gasteiger partial charge in [-0.3, -0.25) is 9.59 Å². The molecular weight excluding hydrogens is 340 g/mol. The molecule has 2 N–H and O–H groups in total. The van der Waals surface area contributed by atoms with E-state index in [-0.39, 0.29) is 5.69 Å². The Kier molecular flexibility index (Phi) is 3.83. The van der Waals surface area contributed by atoms with Crippen molar-refractivity contribution in [2.45, 2.75) is 5.92 Å². The Morgan fingerprint density at radius 2 is 2.09 bits per heavy atom. The predicted octanol–water partition coefficient (Wildman–Crippen LogP) is 2.80. The summed E-state index contributed by atoms with van der Waals surface area (Å²) in [5.41, 5.74) is 5.92. The van der Waals surface area contributed by atoms with E-state index in [0.717, 1.165) is 4.90 Å². The summed E-state index contributed by atoms with van der Waals surface area (Å²) >= 11 is 7.14. The molecule has 0 spiro atoms. The highest BCUT2D eigenvalue weighted by atomic mass is 35.5. The number of hydrogen-bond acceptors (Lipinski definition) is 5. The lowest BCUT2D eigenvalue weighted by Gasteiger charge is -2.12. The van der Waals surface area contributed by atoms with E-state index in [1.54, 1.807) is 11.4 Å². The summed E-state index contributed by atoms with van der Waals surface area (Å²) in [6, 6.07) is 5.23. The van der Waals surface area contributed by atoms with Gasteiger partial charge in [-0.15, -0.1) is 11.3 Å². The molecule has 8 heteroatoms. The van der Waals surface area contributed by atoms with Gasteiger partial charge in [0, 0.05) is 5.02 Å². The van der Waals surface area contributed by atoms with Crippen LogP contribution in [0.15, 0.2) is 29.6 Å². The summed E-state index contributed by atoms with van der Waals surface area (Å²) in [4.78, 5) is 38.1. The van der Waals surface area contributed by atoms with Gasteiger partial charge in [-0.2, -0.15) is 0 Å². The molecule has 2 aromatic rings. The van der Waals surface area contributed by atoms with Crippen LogP contribution in [0.2, 0.25) is 5.02 Å². The Morgan fingerprint density at radius 3 is 2.74 bits per heavy atom. The van der Waals surface area contributed by atoms with Crippen LogP contribution >= 0.6 is 22.9 Å². The molecular formula is C15H11ClN2O4S. The van der Waals surface area contributed by atoms with Crippen LogP contribution in [-0.4, -0.2) is 24.8 Å². The van der Waals surface area contributed by atoms with E-state index in [2.05, 4.69) is 0 Å². The maximum absolute atomic E-state index is 12.8. The molecule has 0 bridgehead atoms. The monoisotopic (exact) mass is 350 g/mol. The fourth-order valence-corrected chi connectivity index (χ4v) is 3.60. The van der Waals surface area contributed by atoms with Crippen molar-refractivity contribution in [3.8, 4) is 5.75 Å². The number of methoxy groups -OCH3 is 1. The number of carbonyl (C=O) groups is 3. The summed E-state index contributed by atoms with van der Waals surface area (Å²) in [5, 5.41) is 2.05. The molecule has 1 aromatic heterocycles. The Bertz CT molecular complexity index is 833. The lowest BCUT2D eigenvalue weighted by molar-refractivity contribution is -0.117. The highest BCUT2D eigenvalue weighted by Gasteiger charge is 2.45. The number of hydrogen-bond donors (Lipinski definition) is 1. The van der Waals surface area contributed by atoms with Gasteiger partial charge in [0.05, 0.1) is 12.8 Å². The van der Waals surface area contributed by atoms with Crippen LogP contribution in [-0.2, 0) is 4.79 Å². The van der Waals surface area contributed by atoms with Crippen LogP contribution in [0.1, 0.15) is 21.2 Å². The van der Waals surface area contributed by atoms with Crippen molar-refractivity contribution in [1.82, 2.24) is 0 Å².